The Labute approximate surface area is 126 Å². The van der Waals surface area contributed by atoms with Gasteiger partial charge in [-0.15, -0.1) is 0 Å². The summed E-state index contributed by atoms with van der Waals surface area (Å²) in [5.41, 5.74) is 9.17. The Balaban J connectivity index is 1.73. The van der Waals surface area contributed by atoms with E-state index in [1.165, 1.54) is 11.1 Å². The van der Waals surface area contributed by atoms with Crippen molar-refractivity contribution >= 4 is 11.6 Å². The quantitative estimate of drug-likeness (QED) is 0.840. The molecule has 3 atom stereocenters. The zero-order valence-electron chi connectivity index (χ0n) is 12.6. The highest BCUT2D eigenvalue weighted by Gasteiger charge is 2.34. The number of hydrogen-bond acceptors (Lipinski definition) is 3. The second-order valence-corrected chi connectivity index (χ2v) is 6.12. The maximum absolute atomic E-state index is 12.5. The standard InChI is InChI=1S/C17H24N2O2/c1-2-16-14(8-9-21-16)17(20)19-15-5-3-4-11-10-12(18)6-7-13(11)15/h6-7,10,14-16H,2-5,8-9,18H2,1H3,(H,19,20). The Kier molecular flexibility index (Phi) is 4.15. The smallest absolute Gasteiger partial charge is 0.226 e. The van der Waals surface area contributed by atoms with Crippen LogP contribution in [0, 0.1) is 5.92 Å². The van der Waals surface area contributed by atoms with Crippen LogP contribution in [0.4, 0.5) is 5.69 Å². The van der Waals surface area contributed by atoms with Crippen molar-refractivity contribution in [3.8, 4) is 0 Å². The molecule has 4 heteroatoms. The van der Waals surface area contributed by atoms with Crippen molar-refractivity contribution in [1.29, 1.82) is 0 Å². The third-order valence-electron chi connectivity index (χ3n) is 4.75. The molecule has 0 saturated carbocycles. The lowest BCUT2D eigenvalue weighted by Gasteiger charge is -2.28. The van der Waals surface area contributed by atoms with Gasteiger partial charge in [-0.3, -0.25) is 4.79 Å². The number of fused-ring (bicyclic) bond motifs is 1. The van der Waals surface area contributed by atoms with Crippen LogP contribution in [0.1, 0.15) is 49.8 Å². The minimum atomic E-state index is 0.00848. The van der Waals surface area contributed by atoms with Gasteiger partial charge in [0.15, 0.2) is 0 Å². The summed E-state index contributed by atoms with van der Waals surface area (Å²) in [6.45, 7) is 2.78. The summed E-state index contributed by atoms with van der Waals surface area (Å²) in [4.78, 5) is 12.5. The van der Waals surface area contributed by atoms with E-state index in [0.29, 0.717) is 6.61 Å². The maximum Gasteiger partial charge on any atom is 0.226 e. The molecule has 1 aromatic carbocycles. The number of nitrogens with two attached hydrogens (primary N) is 1. The van der Waals surface area contributed by atoms with Gasteiger partial charge in [-0.05, 0) is 55.4 Å². The van der Waals surface area contributed by atoms with E-state index in [2.05, 4.69) is 18.3 Å². The van der Waals surface area contributed by atoms with Crippen LogP contribution in [0.3, 0.4) is 0 Å². The van der Waals surface area contributed by atoms with Crippen molar-refractivity contribution in [2.75, 3.05) is 12.3 Å². The van der Waals surface area contributed by atoms with Crippen molar-refractivity contribution in [3.63, 3.8) is 0 Å². The normalized spacial score (nSPS) is 28.1. The van der Waals surface area contributed by atoms with Crippen molar-refractivity contribution in [3.05, 3.63) is 29.3 Å². The molecule has 3 N–H and O–H groups in total. The van der Waals surface area contributed by atoms with Crippen LogP contribution < -0.4 is 11.1 Å². The largest absolute Gasteiger partial charge is 0.399 e. The molecule has 114 valence electrons. The number of benzene rings is 1. The highest BCUT2D eigenvalue weighted by atomic mass is 16.5. The summed E-state index contributed by atoms with van der Waals surface area (Å²) in [6.07, 6.45) is 4.98. The molecular weight excluding hydrogens is 264 g/mol. The second kappa shape index (κ2) is 6.06. The number of amides is 1. The van der Waals surface area contributed by atoms with Crippen LogP contribution in [0.25, 0.3) is 0 Å². The average Bonchev–Trinajstić information content (AvgIpc) is 2.95. The van der Waals surface area contributed by atoms with Crippen LogP contribution in [-0.4, -0.2) is 18.6 Å². The molecule has 1 amide bonds. The molecular formula is C17H24N2O2. The predicted molar refractivity (Wildman–Crippen MR) is 82.8 cm³/mol. The molecule has 2 aliphatic rings. The number of nitrogens with one attached hydrogen (secondary N) is 1. The first-order valence-corrected chi connectivity index (χ1v) is 7.99. The van der Waals surface area contributed by atoms with Gasteiger partial charge in [0, 0.05) is 12.3 Å². The second-order valence-electron chi connectivity index (χ2n) is 6.12. The van der Waals surface area contributed by atoms with Crippen LogP contribution in [0.15, 0.2) is 18.2 Å². The Bertz CT molecular complexity index is 530. The summed E-state index contributed by atoms with van der Waals surface area (Å²) in [5.74, 6) is 0.156. The van der Waals surface area contributed by atoms with E-state index >= 15 is 0 Å². The number of rotatable bonds is 3. The van der Waals surface area contributed by atoms with Crippen molar-refractivity contribution < 1.29 is 9.53 Å². The van der Waals surface area contributed by atoms with Crippen LogP contribution >= 0.6 is 0 Å². The number of anilines is 1. The number of aryl methyl sites for hydroxylation is 1. The lowest BCUT2D eigenvalue weighted by atomic mass is 9.86. The van der Waals surface area contributed by atoms with E-state index in [1.54, 1.807) is 0 Å². The van der Waals surface area contributed by atoms with E-state index < -0.39 is 0 Å². The zero-order chi connectivity index (χ0) is 14.8. The Morgan fingerprint density at radius 2 is 2.29 bits per heavy atom. The molecule has 3 rings (SSSR count). The molecule has 4 nitrogen and oxygen atoms in total. The fraction of sp³-hybridized carbons (Fsp3) is 0.588. The summed E-state index contributed by atoms with van der Waals surface area (Å²) in [5, 5.41) is 3.24. The van der Waals surface area contributed by atoms with E-state index in [4.69, 9.17) is 10.5 Å². The molecule has 3 unspecified atom stereocenters. The fourth-order valence-electron chi connectivity index (χ4n) is 3.61. The molecule has 1 aliphatic carbocycles. The molecule has 1 fully saturated rings. The maximum atomic E-state index is 12.5. The molecule has 0 bridgehead atoms. The minimum Gasteiger partial charge on any atom is -0.399 e. The number of hydrogen-bond donors (Lipinski definition) is 2. The van der Waals surface area contributed by atoms with Crippen LogP contribution in [0.2, 0.25) is 0 Å². The summed E-state index contributed by atoms with van der Waals surface area (Å²) < 4.78 is 5.63. The van der Waals surface area contributed by atoms with Crippen LogP contribution in [-0.2, 0) is 16.0 Å². The topological polar surface area (TPSA) is 64.3 Å². The minimum absolute atomic E-state index is 0.00848. The van der Waals surface area contributed by atoms with Crippen molar-refractivity contribution in [1.82, 2.24) is 5.32 Å². The average molecular weight is 288 g/mol. The SMILES string of the molecule is CCC1OCCC1C(=O)NC1CCCc2cc(N)ccc21. The monoisotopic (exact) mass is 288 g/mol. The number of nitrogen functional groups attached to an aromatic ring is 1. The van der Waals surface area contributed by atoms with Gasteiger partial charge < -0.3 is 15.8 Å². The molecule has 1 saturated heterocycles. The molecule has 0 aromatic heterocycles. The van der Waals surface area contributed by atoms with Gasteiger partial charge in [-0.1, -0.05) is 13.0 Å². The number of carbonyl (C=O) groups excluding carboxylic acids is 1. The zero-order valence-corrected chi connectivity index (χ0v) is 12.6. The Hall–Kier alpha value is -1.55. The number of carbonyl (C=O) groups is 1. The first kappa shape index (κ1) is 14.4. The van der Waals surface area contributed by atoms with E-state index in [9.17, 15) is 4.79 Å². The number of ether oxygens (including phenoxy) is 1. The van der Waals surface area contributed by atoms with Gasteiger partial charge in [-0.25, -0.2) is 0 Å². The predicted octanol–water partition coefficient (Wildman–Crippen LogP) is 2.58. The first-order chi connectivity index (χ1) is 10.2. The van der Waals surface area contributed by atoms with Gasteiger partial charge in [0.2, 0.25) is 5.91 Å². The molecule has 1 heterocycles. The molecule has 1 aromatic rings. The van der Waals surface area contributed by atoms with Gasteiger partial charge in [0.05, 0.1) is 18.1 Å². The third-order valence-corrected chi connectivity index (χ3v) is 4.75. The summed E-state index contributed by atoms with van der Waals surface area (Å²) in [6, 6.07) is 6.16. The van der Waals surface area contributed by atoms with Crippen LogP contribution in [0.5, 0.6) is 0 Å². The van der Waals surface area contributed by atoms with Gasteiger partial charge in [0.1, 0.15) is 0 Å². The summed E-state index contributed by atoms with van der Waals surface area (Å²) >= 11 is 0. The van der Waals surface area contributed by atoms with E-state index in [1.807, 2.05) is 12.1 Å². The van der Waals surface area contributed by atoms with Crippen molar-refractivity contribution in [2.24, 2.45) is 5.92 Å². The van der Waals surface area contributed by atoms with E-state index in [0.717, 1.165) is 37.8 Å². The fourth-order valence-corrected chi connectivity index (χ4v) is 3.61. The lowest BCUT2D eigenvalue weighted by molar-refractivity contribution is -0.127. The molecule has 0 radical (unpaired) electrons. The first-order valence-electron chi connectivity index (χ1n) is 7.99. The van der Waals surface area contributed by atoms with Gasteiger partial charge in [-0.2, -0.15) is 0 Å². The van der Waals surface area contributed by atoms with Gasteiger partial charge in [0.25, 0.3) is 0 Å². The highest BCUT2D eigenvalue weighted by molar-refractivity contribution is 5.80. The Morgan fingerprint density at radius 3 is 3.10 bits per heavy atom. The lowest BCUT2D eigenvalue weighted by Crippen LogP contribution is -2.38. The van der Waals surface area contributed by atoms with E-state index in [-0.39, 0.29) is 24.0 Å². The molecule has 0 spiro atoms. The third kappa shape index (κ3) is 2.91. The van der Waals surface area contributed by atoms with Crippen molar-refractivity contribution in [2.45, 2.75) is 51.2 Å². The molecule has 21 heavy (non-hydrogen) atoms. The summed E-state index contributed by atoms with van der Waals surface area (Å²) in [7, 11) is 0. The van der Waals surface area contributed by atoms with Gasteiger partial charge >= 0.3 is 0 Å². The highest BCUT2D eigenvalue weighted by Crippen LogP contribution is 2.32. The Morgan fingerprint density at radius 1 is 1.43 bits per heavy atom. The molecule has 1 aliphatic heterocycles.